The molecule has 7 nitrogen and oxygen atoms in total. The Bertz CT molecular complexity index is 808. The molecule has 0 fully saturated rings. The van der Waals surface area contributed by atoms with E-state index in [4.69, 9.17) is 5.14 Å². The number of carbonyl (C=O) groups excluding carboxylic acids is 1. The highest BCUT2D eigenvalue weighted by Gasteiger charge is 2.17. The summed E-state index contributed by atoms with van der Waals surface area (Å²) in [5.41, 5.74) is -0.713. The molecule has 110 valence electrons. The summed E-state index contributed by atoms with van der Waals surface area (Å²) in [6.07, 6.45) is 1.27. The van der Waals surface area contributed by atoms with Crippen molar-refractivity contribution < 1.29 is 22.7 Å². The maximum Gasteiger partial charge on any atom is 0.278 e. The summed E-state index contributed by atoms with van der Waals surface area (Å²) in [6.45, 7) is 0. The molecule has 0 atom stereocenters. The van der Waals surface area contributed by atoms with Gasteiger partial charge in [0.05, 0.1) is 10.6 Å². The zero-order chi connectivity index (χ0) is 15.6. The van der Waals surface area contributed by atoms with Crippen LogP contribution in [-0.2, 0) is 10.0 Å². The van der Waals surface area contributed by atoms with Crippen molar-refractivity contribution in [3.63, 3.8) is 0 Å². The first kappa shape index (κ1) is 14.9. The van der Waals surface area contributed by atoms with Gasteiger partial charge < -0.3 is 10.4 Å². The number of aromatic hydroxyl groups is 1. The van der Waals surface area contributed by atoms with Crippen molar-refractivity contribution >= 4 is 21.6 Å². The summed E-state index contributed by atoms with van der Waals surface area (Å²) in [5.74, 6) is -2.14. The number of nitrogens with two attached hydrogens (primary N) is 1. The van der Waals surface area contributed by atoms with Crippen LogP contribution in [0, 0.1) is 5.82 Å². The van der Waals surface area contributed by atoms with Crippen LogP contribution >= 0.6 is 0 Å². The van der Waals surface area contributed by atoms with Gasteiger partial charge in [-0.15, -0.1) is 0 Å². The molecule has 0 bridgehead atoms. The van der Waals surface area contributed by atoms with Gasteiger partial charge in [0.25, 0.3) is 5.91 Å². The molecule has 0 spiro atoms. The monoisotopic (exact) mass is 311 g/mol. The smallest absolute Gasteiger partial charge is 0.278 e. The molecular weight excluding hydrogens is 301 g/mol. The number of primary sulfonamides is 1. The maximum atomic E-state index is 13.6. The van der Waals surface area contributed by atoms with E-state index < -0.39 is 33.2 Å². The average molecular weight is 311 g/mol. The number of nitrogens with one attached hydrogen (secondary N) is 1. The van der Waals surface area contributed by atoms with E-state index in [9.17, 15) is 22.7 Å². The van der Waals surface area contributed by atoms with Crippen LogP contribution in [0.4, 0.5) is 10.1 Å². The standard InChI is InChI=1S/C12H10FN3O4S/c13-8-4-3-7(21(14,19)20)6-9(8)16-12(18)11-10(17)2-1-5-15-11/h1-6,17H,(H,16,18)(H2,14,19,20). The Morgan fingerprint density at radius 2 is 2.05 bits per heavy atom. The Kier molecular flexibility index (Phi) is 3.87. The largest absolute Gasteiger partial charge is 0.505 e. The number of nitrogens with zero attached hydrogens (tertiary/aromatic N) is 1. The molecule has 0 aliphatic carbocycles. The molecule has 21 heavy (non-hydrogen) atoms. The lowest BCUT2D eigenvalue weighted by Gasteiger charge is -2.08. The summed E-state index contributed by atoms with van der Waals surface area (Å²) in [5, 5.41) is 16.5. The number of halogens is 1. The SMILES string of the molecule is NS(=O)(=O)c1ccc(F)c(NC(=O)c2ncccc2O)c1. The maximum absolute atomic E-state index is 13.6. The van der Waals surface area contributed by atoms with Crippen LogP contribution in [0.2, 0.25) is 0 Å². The van der Waals surface area contributed by atoms with Gasteiger partial charge in [0.1, 0.15) is 11.6 Å². The fourth-order valence-electron chi connectivity index (χ4n) is 1.53. The van der Waals surface area contributed by atoms with E-state index in [1.807, 2.05) is 0 Å². The summed E-state index contributed by atoms with van der Waals surface area (Å²) < 4.78 is 36.0. The minimum atomic E-state index is -4.03. The number of rotatable bonds is 3. The van der Waals surface area contributed by atoms with E-state index in [-0.39, 0.29) is 10.6 Å². The van der Waals surface area contributed by atoms with E-state index in [1.165, 1.54) is 18.3 Å². The van der Waals surface area contributed by atoms with Crippen LogP contribution in [0.1, 0.15) is 10.5 Å². The summed E-state index contributed by atoms with van der Waals surface area (Å²) in [4.78, 5) is 15.2. The Morgan fingerprint density at radius 3 is 2.67 bits per heavy atom. The van der Waals surface area contributed by atoms with Gasteiger partial charge in [0.15, 0.2) is 5.69 Å². The van der Waals surface area contributed by atoms with E-state index in [1.54, 1.807) is 0 Å². The van der Waals surface area contributed by atoms with Gasteiger partial charge in [-0.1, -0.05) is 0 Å². The number of benzene rings is 1. The first-order chi connectivity index (χ1) is 9.79. The highest BCUT2D eigenvalue weighted by atomic mass is 32.2. The van der Waals surface area contributed by atoms with Crippen molar-refractivity contribution in [1.82, 2.24) is 4.98 Å². The zero-order valence-electron chi connectivity index (χ0n) is 10.4. The molecule has 1 aromatic carbocycles. The van der Waals surface area contributed by atoms with Crippen LogP contribution in [0.5, 0.6) is 5.75 Å². The Labute approximate surface area is 119 Å². The van der Waals surface area contributed by atoms with Crippen LogP contribution in [0.25, 0.3) is 0 Å². The molecule has 0 aliphatic rings. The minimum Gasteiger partial charge on any atom is -0.505 e. The third-order valence-corrected chi connectivity index (χ3v) is 3.43. The van der Waals surface area contributed by atoms with Gasteiger partial charge in [-0.2, -0.15) is 0 Å². The average Bonchev–Trinajstić information content (AvgIpc) is 2.40. The van der Waals surface area contributed by atoms with Crippen LogP contribution in [0.15, 0.2) is 41.4 Å². The molecule has 4 N–H and O–H groups in total. The fraction of sp³-hybridized carbons (Fsp3) is 0. The number of anilines is 1. The lowest BCUT2D eigenvalue weighted by atomic mass is 10.2. The second-order valence-corrected chi connectivity index (χ2v) is 5.57. The van der Waals surface area contributed by atoms with E-state index >= 15 is 0 Å². The van der Waals surface area contributed by atoms with Gasteiger partial charge in [0, 0.05) is 6.20 Å². The number of sulfonamides is 1. The topological polar surface area (TPSA) is 122 Å². The van der Waals surface area contributed by atoms with Gasteiger partial charge in [-0.05, 0) is 30.3 Å². The molecule has 2 aromatic rings. The first-order valence-electron chi connectivity index (χ1n) is 5.57. The van der Waals surface area contributed by atoms with Crippen molar-refractivity contribution in [3.05, 3.63) is 48.0 Å². The Morgan fingerprint density at radius 1 is 1.33 bits per heavy atom. The summed E-state index contributed by atoms with van der Waals surface area (Å²) in [7, 11) is -4.03. The van der Waals surface area contributed by atoms with Gasteiger partial charge in [-0.25, -0.2) is 22.9 Å². The van der Waals surface area contributed by atoms with E-state index in [0.717, 1.165) is 18.2 Å². The molecular formula is C12H10FN3O4S. The lowest BCUT2D eigenvalue weighted by Crippen LogP contribution is -2.16. The fourth-order valence-corrected chi connectivity index (χ4v) is 2.07. The highest BCUT2D eigenvalue weighted by Crippen LogP contribution is 2.21. The molecule has 0 saturated heterocycles. The normalized spacial score (nSPS) is 11.1. The van der Waals surface area contributed by atoms with Crippen molar-refractivity contribution in [2.75, 3.05) is 5.32 Å². The number of hydrogen-bond donors (Lipinski definition) is 3. The van der Waals surface area contributed by atoms with Gasteiger partial charge in [0.2, 0.25) is 10.0 Å². The van der Waals surface area contributed by atoms with Crippen molar-refractivity contribution in [2.24, 2.45) is 5.14 Å². The van der Waals surface area contributed by atoms with Crippen molar-refractivity contribution in [1.29, 1.82) is 0 Å². The predicted octanol–water partition coefficient (Wildman–Crippen LogP) is 0.826. The zero-order valence-corrected chi connectivity index (χ0v) is 11.3. The third kappa shape index (κ3) is 3.33. The van der Waals surface area contributed by atoms with Gasteiger partial charge >= 0.3 is 0 Å². The molecule has 0 aliphatic heterocycles. The molecule has 0 unspecified atom stereocenters. The number of aromatic nitrogens is 1. The summed E-state index contributed by atoms with van der Waals surface area (Å²) in [6, 6.07) is 5.35. The quantitative estimate of drug-likeness (QED) is 0.774. The molecule has 1 heterocycles. The van der Waals surface area contributed by atoms with E-state index in [0.29, 0.717) is 0 Å². The molecule has 0 saturated carbocycles. The van der Waals surface area contributed by atoms with Crippen molar-refractivity contribution in [2.45, 2.75) is 4.90 Å². The van der Waals surface area contributed by atoms with Crippen LogP contribution in [-0.4, -0.2) is 24.4 Å². The van der Waals surface area contributed by atoms with Crippen LogP contribution < -0.4 is 10.5 Å². The minimum absolute atomic E-state index is 0.321. The van der Waals surface area contributed by atoms with Crippen molar-refractivity contribution in [3.8, 4) is 5.75 Å². The Hall–Kier alpha value is -2.52. The predicted molar refractivity (Wildman–Crippen MR) is 71.6 cm³/mol. The Balaban J connectivity index is 2.36. The van der Waals surface area contributed by atoms with Gasteiger partial charge in [-0.3, -0.25) is 4.79 Å². The number of hydrogen-bond acceptors (Lipinski definition) is 5. The highest BCUT2D eigenvalue weighted by molar-refractivity contribution is 7.89. The molecule has 9 heteroatoms. The number of pyridine rings is 1. The second-order valence-electron chi connectivity index (χ2n) is 4.01. The lowest BCUT2D eigenvalue weighted by molar-refractivity contribution is 0.101. The van der Waals surface area contributed by atoms with E-state index in [2.05, 4.69) is 10.3 Å². The number of amides is 1. The number of carbonyl (C=O) groups is 1. The second kappa shape index (κ2) is 5.46. The molecule has 2 rings (SSSR count). The molecule has 1 amide bonds. The molecule has 1 aromatic heterocycles. The molecule has 0 radical (unpaired) electrons. The third-order valence-electron chi connectivity index (χ3n) is 2.52. The van der Waals surface area contributed by atoms with Crippen LogP contribution in [0.3, 0.4) is 0 Å². The summed E-state index contributed by atoms with van der Waals surface area (Å²) >= 11 is 0. The first-order valence-corrected chi connectivity index (χ1v) is 7.11.